The van der Waals surface area contributed by atoms with Gasteiger partial charge in [0.25, 0.3) is 0 Å². The molecule has 0 atom stereocenters. The fraction of sp³-hybridized carbons (Fsp3) is 0.343. The number of amides is 5. The highest BCUT2D eigenvalue weighted by Gasteiger charge is 2.19. The lowest BCUT2D eigenvalue weighted by Crippen LogP contribution is -2.44. The number of hydrogen-bond donors (Lipinski definition) is 4. The van der Waals surface area contributed by atoms with E-state index in [4.69, 9.17) is 0 Å². The monoisotopic (exact) mass is 686 g/mol. The number of ether oxygens (including phenoxy) is 2. The molecule has 0 aliphatic rings. The maximum absolute atomic E-state index is 13.0. The third-order valence-corrected chi connectivity index (χ3v) is 7.69. The van der Waals surface area contributed by atoms with E-state index in [1.807, 2.05) is 62.4 Å². The predicted octanol–water partition coefficient (Wildman–Crippen LogP) is 3.92. The largest absolute Gasteiger partial charge is 0.453 e. The molecule has 0 radical (unpaired) electrons. The van der Waals surface area contributed by atoms with Crippen LogP contribution in [0.25, 0.3) is 33.2 Å². The molecule has 0 saturated heterocycles. The van der Waals surface area contributed by atoms with E-state index in [1.54, 1.807) is 17.3 Å². The van der Waals surface area contributed by atoms with Crippen LogP contribution < -0.4 is 16.0 Å². The highest BCUT2D eigenvalue weighted by molar-refractivity contribution is 6.03. The van der Waals surface area contributed by atoms with Crippen molar-refractivity contribution in [2.24, 2.45) is 0 Å². The molecule has 50 heavy (non-hydrogen) atoms. The average molecular weight is 687 g/mol. The Morgan fingerprint density at radius 1 is 0.760 bits per heavy atom. The lowest BCUT2D eigenvalue weighted by Gasteiger charge is -2.21. The molecule has 2 aromatic carbocycles. The Kier molecular flexibility index (Phi) is 13.2. The Labute approximate surface area is 289 Å². The van der Waals surface area contributed by atoms with Gasteiger partial charge in [-0.2, -0.15) is 0 Å². The summed E-state index contributed by atoms with van der Waals surface area (Å²) in [5.41, 5.74) is 3.65. The van der Waals surface area contributed by atoms with Crippen LogP contribution in [0.4, 0.5) is 15.4 Å². The number of H-pyrrole nitrogens is 1. The van der Waals surface area contributed by atoms with Gasteiger partial charge in [-0.1, -0.05) is 50.2 Å². The molecule has 0 saturated carbocycles. The summed E-state index contributed by atoms with van der Waals surface area (Å²) in [6.45, 7) is 4.35. The van der Waals surface area contributed by atoms with Crippen LogP contribution in [0.3, 0.4) is 0 Å². The minimum absolute atomic E-state index is 0.165. The van der Waals surface area contributed by atoms with Crippen LogP contribution in [0.1, 0.15) is 32.5 Å². The van der Waals surface area contributed by atoms with Crippen molar-refractivity contribution in [2.75, 3.05) is 52.3 Å². The Morgan fingerprint density at radius 2 is 1.36 bits per heavy atom. The summed E-state index contributed by atoms with van der Waals surface area (Å²) in [7, 11) is 2.45. The van der Waals surface area contributed by atoms with Gasteiger partial charge in [0.05, 0.1) is 39.2 Å². The van der Waals surface area contributed by atoms with Gasteiger partial charge in [-0.15, -0.1) is 0 Å². The van der Waals surface area contributed by atoms with Gasteiger partial charge in [-0.25, -0.2) is 19.6 Å². The van der Waals surface area contributed by atoms with Gasteiger partial charge in [-0.05, 0) is 47.1 Å². The number of benzene rings is 2. The fourth-order valence-electron chi connectivity index (χ4n) is 5.20. The van der Waals surface area contributed by atoms with Crippen LogP contribution >= 0.6 is 0 Å². The summed E-state index contributed by atoms with van der Waals surface area (Å²) in [4.78, 5) is 76.0. The maximum atomic E-state index is 13.0. The lowest BCUT2D eigenvalue weighted by atomic mass is 10.00. The molecule has 0 bridgehead atoms. The summed E-state index contributed by atoms with van der Waals surface area (Å²) in [5, 5.41) is 9.19. The van der Waals surface area contributed by atoms with Crippen LogP contribution in [-0.4, -0.2) is 102 Å². The molecule has 0 unspecified atom stereocenters. The number of fused-ring (bicyclic) bond motifs is 1. The SMILES string of the molecule is CCCN(CC(=O)Nc1nccc2cc(-c3ccc(-c4cnc(CN(CCC)C(=O)CNC(=O)OC)[nH]4)cc3)ccc12)C(=O)CNC(=O)OC. The summed E-state index contributed by atoms with van der Waals surface area (Å²) >= 11 is 0. The van der Waals surface area contributed by atoms with Crippen molar-refractivity contribution in [3.8, 4) is 22.4 Å². The van der Waals surface area contributed by atoms with Crippen LogP contribution in [0.5, 0.6) is 0 Å². The highest BCUT2D eigenvalue weighted by Crippen LogP contribution is 2.29. The van der Waals surface area contributed by atoms with Crippen molar-refractivity contribution >= 4 is 46.5 Å². The number of aromatic amines is 1. The van der Waals surface area contributed by atoms with Crippen LogP contribution in [0.2, 0.25) is 0 Å². The molecule has 0 aliphatic carbocycles. The molecule has 5 amide bonds. The Hall–Kier alpha value is -5.99. The molecule has 2 aromatic heterocycles. The predicted molar refractivity (Wildman–Crippen MR) is 187 cm³/mol. The van der Waals surface area contributed by atoms with Gasteiger partial charge in [0, 0.05) is 24.7 Å². The fourth-order valence-corrected chi connectivity index (χ4v) is 5.20. The van der Waals surface area contributed by atoms with Crippen molar-refractivity contribution in [1.82, 2.24) is 35.4 Å². The molecule has 15 heteroatoms. The summed E-state index contributed by atoms with van der Waals surface area (Å²) in [6, 6.07) is 15.7. The van der Waals surface area contributed by atoms with E-state index in [2.05, 4.69) is 40.4 Å². The molecule has 4 N–H and O–H groups in total. The van der Waals surface area contributed by atoms with E-state index >= 15 is 0 Å². The molecule has 0 fully saturated rings. The van der Waals surface area contributed by atoms with E-state index < -0.39 is 24.0 Å². The molecular formula is C35H42N8O7. The average Bonchev–Trinajstić information content (AvgIpc) is 3.60. The number of pyridine rings is 1. The first kappa shape index (κ1) is 36.8. The minimum atomic E-state index is -0.726. The topological polar surface area (TPSA) is 188 Å². The first-order valence-corrected chi connectivity index (χ1v) is 16.2. The molecule has 0 spiro atoms. The number of nitrogens with zero attached hydrogens (tertiary/aromatic N) is 4. The second-order valence-electron chi connectivity index (χ2n) is 11.3. The Balaban J connectivity index is 1.42. The van der Waals surface area contributed by atoms with Gasteiger partial charge in [0.15, 0.2) is 0 Å². The van der Waals surface area contributed by atoms with Gasteiger partial charge in [0.1, 0.15) is 24.7 Å². The zero-order valence-corrected chi connectivity index (χ0v) is 28.6. The van der Waals surface area contributed by atoms with Crippen molar-refractivity contribution in [1.29, 1.82) is 0 Å². The number of imidazole rings is 1. The first-order chi connectivity index (χ1) is 24.1. The van der Waals surface area contributed by atoms with Crippen LogP contribution in [-0.2, 0) is 30.4 Å². The summed E-state index contributed by atoms with van der Waals surface area (Å²) in [6.07, 6.45) is 3.33. The summed E-state index contributed by atoms with van der Waals surface area (Å²) < 4.78 is 9.05. The van der Waals surface area contributed by atoms with Crippen molar-refractivity contribution in [3.05, 3.63) is 66.7 Å². The van der Waals surface area contributed by atoms with Gasteiger partial charge in [0.2, 0.25) is 17.7 Å². The number of carbonyl (C=O) groups is 5. The maximum Gasteiger partial charge on any atom is 0.407 e. The zero-order chi connectivity index (χ0) is 36.0. The zero-order valence-electron chi connectivity index (χ0n) is 28.6. The van der Waals surface area contributed by atoms with Crippen molar-refractivity contribution in [3.63, 3.8) is 0 Å². The number of alkyl carbamates (subject to hydrolysis) is 2. The number of anilines is 1. The van der Waals surface area contributed by atoms with E-state index in [0.717, 1.165) is 39.6 Å². The number of rotatable bonds is 15. The molecule has 4 rings (SSSR count). The quantitative estimate of drug-likeness (QED) is 0.144. The molecular weight excluding hydrogens is 644 g/mol. The third-order valence-electron chi connectivity index (χ3n) is 7.69. The van der Waals surface area contributed by atoms with Gasteiger partial charge >= 0.3 is 12.2 Å². The molecule has 264 valence electrons. The second-order valence-corrected chi connectivity index (χ2v) is 11.3. The normalized spacial score (nSPS) is 10.6. The first-order valence-electron chi connectivity index (χ1n) is 16.2. The van der Waals surface area contributed by atoms with Gasteiger partial charge < -0.3 is 40.2 Å². The van der Waals surface area contributed by atoms with Crippen molar-refractivity contribution < 1.29 is 33.4 Å². The van der Waals surface area contributed by atoms with E-state index in [-0.39, 0.29) is 32.1 Å². The Bertz CT molecular complexity index is 1810. The highest BCUT2D eigenvalue weighted by atomic mass is 16.5. The number of methoxy groups -OCH3 is 2. The standard InChI is InChI=1S/C35H42N8O7/c1-5-15-42(31(45)19-38-34(47)49-3)21-29-37-18-28(40-29)24-9-7-23(8-10-24)25-11-12-27-26(17-25)13-14-36-33(27)41-30(44)22-43(16-6-2)32(46)20-39-35(48)50-4/h7-14,17-18H,5-6,15-16,19-22H2,1-4H3,(H,37,40)(H,38,47)(H,39,48)(H,36,41,44). The van der Waals surface area contributed by atoms with Crippen LogP contribution in [0.15, 0.2) is 60.9 Å². The molecule has 0 aliphatic heterocycles. The molecule has 4 aromatic rings. The van der Waals surface area contributed by atoms with Crippen molar-refractivity contribution in [2.45, 2.75) is 33.2 Å². The van der Waals surface area contributed by atoms with E-state index in [9.17, 15) is 24.0 Å². The third kappa shape index (κ3) is 10.0. The smallest absolute Gasteiger partial charge is 0.407 e. The second kappa shape index (κ2) is 18.0. The number of hydrogen-bond acceptors (Lipinski definition) is 9. The number of aromatic nitrogens is 3. The van der Waals surface area contributed by atoms with Crippen LogP contribution in [0, 0.1) is 0 Å². The number of carbonyl (C=O) groups excluding carboxylic acids is 5. The number of nitrogens with one attached hydrogen (secondary N) is 4. The Morgan fingerprint density at radius 3 is 2.00 bits per heavy atom. The lowest BCUT2D eigenvalue weighted by molar-refractivity contribution is -0.133. The van der Waals surface area contributed by atoms with E-state index in [0.29, 0.717) is 31.2 Å². The van der Waals surface area contributed by atoms with E-state index in [1.165, 1.54) is 19.1 Å². The summed E-state index contributed by atoms with van der Waals surface area (Å²) in [5.74, 6) is -0.0574. The molecule has 2 heterocycles. The van der Waals surface area contributed by atoms with Gasteiger partial charge in [-0.3, -0.25) is 14.4 Å². The molecule has 15 nitrogen and oxygen atoms in total. The minimum Gasteiger partial charge on any atom is -0.453 e.